The number of anilines is 1. The molecule has 5 rings (SSSR count). The van der Waals surface area contributed by atoms with E-state index in [1.165, 1.54) is 37.2 Å². The van der Waals surface area contributed by atoms with Crippen molar-refractivity contribution in [2.45, 2.75) is 57.5 Å². The van der Waals surface area contributed by atoms with E-state index in [2.05, 4.69) is 35.4 Å². The molecule has 4 heterocycles. The Hall–Kier alpha value is -1.62. The second-order valence-electron chi connectivity index (χ2n) is 7.70. The minimum absolute atomic E-state index is 0.495. The molecule has 2 aliphatic heterocycles. The lowest BCUT2D eigenvalue weighted by atomic mass is 9.74. The molecule has 2 aromatic rings. The van der Waals surface area contributed by atoms with Gasteiger partial charge in [-0.15, -0.1) is 0 Å². The van der Waals surface area contributed by atoms with Crippen LogP contribution in [-0.4, -0.2) is 39.9 Å². The van der Waals surface area contributed by atoms with Crippen molar-refractivity contribution in [2.75, 3.05) is 18.1 Å². The first-order chi connectivity index (χ1) is 11.2. The lowest BCUT2D eigenvalue weighted by Gasteiger charge is -2.36. The zero-order valence-corrected chi connectivity index (χ0v) is 13.9. The predicted octanol–water partition coefficient (Wildman–Crippen LogP) is 2.92. The molecular formula is C18H24N4O. The topological polar surface area (TPSA) is 42.7 Å². The van der Waals surface area contributed by atoms with Crippen molar-refractivity contribution in [3.05, 3.63) is 23.5 Å². The molecule has 5 nitrogen and oxygen atoms in total. The summed E-state index contributed by atoms with van der Waals surface area (Å²) in [4.78, 5) is 7.27. The average Bonchev–Trinajstić information content (AvgIpc) is 3.01. The summed E-state index contributed by atoms with van der Waals surface area (Å²) in [7, 11) is 0. The monoisotopic (exact) mass is 312 g/mol. The fourth-order valence-electron chi connectivity index (χ4n) is 4.63. The smallest absolute Gasteiger partial charge is 0.157 e. The summed E-state index contributed by atoms with van der Waals surface area (Å²) in [5.41, 5.74) is 3.30. The van der Waals surface area contributed by atoms with Crippen LogP contribution in [0.25, 0.3) is 5.65 Å². The minimum Gasteiger partial charge on any atom is -0.377 e. The maximum atomic E-state index is 5.75. The normalized spacial score (nSPS) is 33.2. The third-order valence-corrected chi connectivity index (χ3v) is 5.85. The van der Waals surface area contributed by atoms with Gasteiger partial charge in [0, 0.05) is 23.7 Å². The number of aromatic nitrogens is 3. The molecule has 2 saturated heterocycles. The molecule has 1 aliphatic carbocycles. The van der Waals surface area contributed by atoms with Crippen LogP contribution in [0, 0.1) is 12.8 Å². The van der Waals surface area contributed by atoms with Crippen LogP contribution >= 0.6 is 0 Å². The third kappa shape index (κ3) is 2.09. The van der Waals surface area contributed by atoms with Gasteiger partial charge in [0.25, 0.3) is 0 Å². The molecule has 122 valence electrons. The maximum absolute atomic E-state index is 5.75. The van der Waals surface area contributed by atoms with Crippen molar-refractivity contribution in [1.29, 1.82) is 0 Å². The van der Waals surface area contributed by atoms with Gasteiger partial charge in [-0.2, -0.15) is 9.61 Å². The summed E-state index contributed by atoms with van der Waals surface area (Å²) in [6, 6.07) is 5.39. The standard InChI is InChI=1S/C18H24N4O/c1-11-5-13(6-11)16-8-17-19-12(2)7-18(22(17)20-16)21-14-3-4-15(21)10-23-9-14/h7-8,11,13-15H,3-6,9-10H2,1-2H3. The van der Waals surface area contributed by atoms with Crippen molar-refractivity contribution in [2.24, 2.45) is 5.92 Å². The fourth-order valence-corrected chi connectivity index (χ4v) is 4.63. The van der Waals surface area contributed by atoms with E-state index in [0.717, 1.165) is 30.5 Å². The molecule has 1 saturated carbocycles. The average molecular weight is 312 g/mol. The second kappa shape index (κ2) is 4.94. The van der Waals surface area contributed by atoms with Crippen LogP contribution in [0.15, 0.2) is 12.1 Å². The van der Waals surface area contributed by atoms with Gasteiger partial charge in [-0.05, 0) is 38.5 Å². The second-order valence-corrected chi connectivity index (χ2v) is 7.70. The van der Waals surface area contributed by atoms with Gasteiger partial charge in [-0.25, -0.2) is 4.98 Å². The molecule has 2 aromatic heterocycles. The zero-order valence-electron chi connectivity index (χ0n) is 13.9. The molecule has 23 heavy (non-hydrogen) atoms. The Bertz CT molecular complexity index is 733. The fraction of sp³-hybridized carbons (Fsp3) is 0.667. The van der Waals surface area contributed by atoms with Crippen LogP contribution in [0.1, 0.15) is 49.9 Å². The van der Waals surface area contributed by atoms with E-state index in [4.69, 9.17) is 14.8 Å². The first kappa shape index (κ1) is 13.8. The zero-order chi connectivity index (χ0) is 15.6. The number of aryl methyl sites for hydroxylation is 1. The van der Waals surface area contributed by atoms with Crippen molar-refractivity contribution in [1.82, 2.24) is 14.6 Å². The first-order valence-corrected chi connectivity index (χ1v) is 8.92. The van der Waals surface area contributed by atoms with Gasteiger partial charge in [-0.3, -0.25) is 0 Å². The summed E-state index contributed by atoms with van der Waals surface area (Å²) < 4.78 is 7.83. The van der Waals surface area contributed by atoms with Crippen molar-refractivity contribution in [3.63, 3.8) is 0 Å². The van der Waals surface area contributed by atoms with Gasteiger partial charge in [0.1, 0.15) is 5.82 Å². The van der Waals surface area contributed by atoms with Gasteiger partial charge in [0.15, 0.2) is 5.65 Å². The highest BCUT2D eigenvalue weighted by Gasteiger charge is 2.39. The largest absolute Gasteiger partial charge is 0.377 e. The van der Waals surface area contributed by atoms with Gasteiger partial charge >= 0.3 is 0 Å². The molecular weight excluding hydrogens is 288 g/mol. The quantitative estimate of drug-likeness (QED) is 0.855. The van der Waals surface area contributed by atoms with Crippen molar-refractivity contribution in [3.8, 4) is 0 Å². The number of rotatable bonds is 2. The highest BCUT2D eigenvalue weighted by Crippen LogP contribution is 2.41. The van der Waals surface area contributed by atoms with E-state index in [1.54, 1.807) is 0 Å². The predicted molar refractivity (Wildman–Crippen MR) is 89.0 cm³/mol. The Morgan fingerprint density at radius 2 is 1.87 bits per heavy atom. The Morgan fingerprint density at radius 3 is 2.57 bits per heavy atom. The number of nitrogens with zero attached hydrogens (tertiary/aromatic N) is 4. The molecule has 0 spiro atoms. The van der Waals surface area contributed by atoms with E-state index in [0.29, 0.717) is 18.0 Å². The van der Waals surface area contributed by atoms with Gasteiger partial charge in [-0.1, -0.05) is 6.92 Å². The van der Waals surface area contributed by atoms with Crippen LogP contribution in [0.4, 0.5) is 5.82 Å². The number of ether oxygens (including phenoxy) is 1. The highest BCUT2D eigenvalue weighted by atomic mass is 16.5. The summed E-state index contributed by atoms with van der Waals surface area (Å²) in [5.74, 6) is 2.68. The third-order valence-electron chi connectivity index (χ3n) is 5.85. The molecule has 2 atom stereocenters. The van der Waals surface area contributed by atoms with Crippen LogP contribution in [0.5, 0.6) is 0 Å². The summed E-state index contributed by atoms with van der Waals surface area (Å²) in [6.07, 6.45) is 4.98. The van der Waals surface area contributed by atoms with E-state index < -0.39 is 0 Å². The molecule has 3 fully saturated rings. The molecule has 2 bridgehead atoms. The van der Waals surface area contributed by atoms with Crippen molar-refractivity contribution >= 4 is 11.5 Å². The molecule has 0 N–H and O–H groups in total. The first-order valence-electron chi connectivity index (χ1n) is 8.92. The van der Waals surface area contributed by atoms with Gasteiger partial charge < -0.3 is 9.64 Å². The van der Waals surface area contributed by atoms with E-state index in [1.807, 2.05) is 0 Å². The maximum Gasteiger partial charge on any atom is 0.157 e. The van der Waals surface area contributed by atoms with Crippen LogP contribution in [0.2, 0.25) is 0 Å². The Labute approximate surface area is 136 Å². The highest BCUT2D eigenvalue weighted by molar-refractivity contribution is 5.54. The summed E-state index contributed by atoms with van der Waals surface area (Å²) >= 11 is 0. The summed E-state index contributed by atoms with van der Waals surface area (Å²) in [6.45, 7) is 6.09. The minimum atomic E-state index is 0.495. The summed E-state index contributed by atoms with van der Waals surface area (Å²) in [5, 5.41) is 4.95. The molecule has 2 unspecified atom stereocenters. The Kier molecular flexibility index (Phi) is 2.96. The molecule has 3 aliphatic rings. The molecule has 5 heteroatoms. The number of morpholine rings is 1. The van der Waals surface area contributed by atoms with Crippen LogP contribution in [0.3, 0.4) is 0 Å². The van der Waals surface area contributed by atoms with E-state index >= 15 is 0 Å². The molecule has 0 amide bonds. The van der Waals surface area contributed by atoms with Gasteiger partial charge in [0.2, 0.25) is 0 Å². The van der Waals surface area contributed by atoms with E-state index in [9.17, 15) is 0 Å². The molecule has 0 radical (unpaired) electrons. The van der Waals surface area contributed by atoms with Crippen molar-refractivity contribution < 1.29 is 4.74 Å². The van der Waals surface area contributed by atoms with E-state index in [-0.39, 0.29) is 0 Å². The Balaban J connectivity index is 1.60. The molecule has 0 aromatic carbocycles. The number of hydrogen-bond acceptors (Lipinski definition) is 4. The van der Waals surface area contributed by atoms with Crippen LogP contribution in [-0.2, 0) is 4.74 Å². The Morgan fingerprint density at radius 1 is 1.13 bits per heavy atom. The lowest BCUT2D eigenvalue weighted by molar-refractivity contribution is 0.0899. The van der Waals surface area contributed by atoms with Gasteiger partial charge in [0.05, 0.1) is 31.0 Å². The lowest BCUT2D eigenvalue weighted by Crippen LogP contribution is -2.46. The number of fused-ring (bicyclic) bond motifs is 3. The number of hydrogen-bond donors (Lipinski definition) is 0. The SMILES string of the molecule is Cc1cc(N2C3CCC2COC3)n2nc(C3CC(C)C3)cc2n1. The van der Waals surface area contributed by atoms with Crippen LogP contribution < -0.4 is 4.90 Å².